The Balaban J connectivity index is 1.99. The van der Waals surface area contributed by atoms with Gasteiger partial charge in [0.1, 0.15) is 17.2 Å². The second-order valence-electron chi connectivity index (χ2n) is 4.66. The Morgan fingerprint density at radius 2 is 1.55 bits per heavy atom. The quantitative estimate of drug-likeness (QED) is 0.890. The molecule has 1 amide bonds. The maximum atomic E-state index is 12.2. The number of methoxy groups -OCH3 is 2. The first-order valence-electron chi connectivity index (χ1n) is 6.88. The summed E-state index contributed by atoms with van der Waals surface area (Å²) in [5.74, 6) is 1.70. The average molecular weight is 301 g/mol. The molecule has 116 valence electrons. The summed E-state index contributed by atoms with van der Waals surface area (Å²) in [5, 5.41) is 2.79. The number of rotatable bonds is 6. The Hall–Kier alpha value is -2.69. The van der Waals surface area contributed by atoms with Crippen molar-refractivity contribution in [3.63, 3.8) is 0 Å². The molecule has 0 saturated carbocycles. The molecule has 1 atom stereocenters. The normalized spacial score (nSPS) is 11.4. The summed E-state index contributed by atoms with van der Waals surface area (Å²) in [7, 11) is 3.16. The lowest BCUT2D eigenvalue weighted by atomic mass is 10.2. The molecule has 0 spiro atoms. The first kappa shape index (κ1) is 15.7. The first-order valence-corrected chi connectivity index (χ1v) is 6.88. The maximum absolute atomic E-state index is 12.2. The lowest BCUT2D eigenvalue weighted by Gasteiger charge is -2.15. The van der Waals surface area contributed by atoms with Gasteiger partial charge < -0.3 is 19.5 Å². The van der Waals surface area contributed by atoms with Crippen molar-refractivity contribution in [2.75, 3.05) is 19.5 Å². The molecule has 5 nitrogen and oxygen atoms in total. The molecule has 0 aliphatic rings. The van der Waals surface area contributed by atoms with Gasteiger partial charge in [-0.05, 0) is 31.2 Å². The molecule has 22 heavy (non-hydrogen) atoms. The highest BCUT2D eigenvalue weighted by atomic mass is 16.5. The van der Waals surface area contributed by atoms with Gasteiger partial charge in [-0.15, -0.1) is 0 Å². The molecule has 0 bridgehead atoms. The molecule has 0 heterocycles. The van der Waals surface area contributed by atoms with Crippen LogP contribution in [0.4, 0.5) is 5.69 Å². The molecular weight excluding hydrogens is 282 g/mol. The Labute approximate surface area is 129 Å². The molecular formula is C17H19NO4. The molecule has 0 fully saturated rings. The lowest BCUT2D eigenvalue weighted by Crippen LogP contribution is -2.30. The van der Waals surface area contributed by atoms with Gasteiger partial charge in [0.15, 0.2) is 6.10 Å². The van der Waals surface area contributed by atoms with Crippen LogP contribution >= 0.6 is 0 Å². The van der Waals surface area contributed by atoms with Crippen LogP contribution in [0.2, 0.25) is 0 Å². The zero-order valence-corrected chi connectivity index (χ0v) is 12.8. The molecule has 0 unspecified atom stereocenters. The van der Waals surface area contributed by atoms with Crippen molar-refractivity contribution >= 4 is 11.6 Å². The van der Waals surface area contributed by atoms with Crippen molar-refractivity contribution in [2.45, 2.75) is 13.0 Å². The van der Waals surface area contributed by atoms with E-state index in [9.17, 15) is 4.79 Å². The van der Waals surface area contributed by atoms with Gasteiger partial charge >= 0.3 is 0 Å². The van der Waals surface area contributed by atoms with Crippen molar-refractivity contribution in [1.29, 1.82) is 0 Å². The van der Waals surface area contributed by atoms with E-state index in [4.69, 9.17) is 14.2 Å². The lowest BCUT2D eigenvalue weighted by molar-refractivity contribution is -0.122. The minimum absolute atomic E-state index is 0.240. The summed E-state index contributed by atoms with van der Waals surface area (Å²) >= 11 is 0. The fraction of sp³-hybridized carbons (Fsp3) is 0.235. The van der Waals surface area contributed by atoms with Crippen LogP contribution in [0.15, 0.2) is 48.5 Å². The van der Waals surface area contributed by atoms with Crippen molar-refractivity contribution < 1.29 is 19.0 Å². The molecule has 2 aromatic rings. The van der Waals surface area contributed by atoms with Crippen LogP contribution in [0.25, 0.3) is 0 Å². The van der Waals surface area contributed by atoms with Crippen molar-refractivity contribution in [3.05, 3.63) is 48.5 Å². The van der Waals surface area contributed by atoms with Crippen molar-refractivity contribution in [1.82, 2.24) is 0 Å². The van der Waals surface area contributed by atoms with Gasteiger partial charge in [-0.1, -0.05) is 12.1 Å². The van der Waals surface area contributed by atoms with E-state index >= 15 is 0 Å². The minimum atomic E-state index is -0.640. The van der Waals surface area contributed by atoms with Crippen LogP contribution in [0.5, 0.6) is 17.2 Å². The number of amides is 1. The van der Waals surface area contributed by atoms with Gasteiger partial charge in [-0.3, -0.25) is 4.79 Å². The van der Waals surface area contributed by atoms with E-state index in [2.05, 4.69) is 5.32 Å². The Kier molecular flexibility index (Phi) is 5.25. The predicted octanol–water partition coefficient (Wildman–Crippen LogP) is 3.11. The number of carbonyl (C=O) groups is 1. The third kappa shape index (κ3) is 4.15. The molecule has 2 aromatic carbocycles. The smallest absolute Gasteiger partial charge is 0.265 e. The second-order valence-corrected chi connectivity index (χ2v) is 4.66. The summed E-state index contributed by atoms with van der Waals surface area (Å²) in [5.41, 5.74) is 0.658. The van der Waals surface area contributed by atoms with Gasteiger partial charge in [-0.2, -0.15) is 0 Å². The van der Waals surface area contributed by atoms with Crippen LogP contribution in [0.3, 0.4) is 0 Å². The van der Waals surface area contributed by atoms with Crippen molar-refractivity contribution in [2.24, 2.45) is 0 Å². The standard InChI is InChI=1S/C17H19NO4/c1-12(22-16-9-5-8-15(11-16)21-3)17(19)18-13-6-4-7-14(10-13)20-2/h4-12H,1-3H3,(H,18,19)/t12-/m0/s1. The van der Waals surface area contributed by atoms with Crippen LogP contribution < -0.4 is 19.5 Å². The Morgan fingerprint density at radius 3 is 2.23 bits per heavy atom. The fourth-order valence-electron chi connectivity index (χ4n) is 1.88. The summed E-state index contributed by atoms with van der Waals surface area (Å²) in [4.78, 5) is 12.2. The van der Waals surface area contributed by atoms with E-state index in [0.717, 1.165) is 0 Å². The molecule has 1 N–H and O–H groups in total. The highest BCUT2D eigenvalue weighted by molar-refractivity contribution is 5.94. The Morgan fingerprint density at radius 1 is 0.955 bits per heavy atom. The number of nitrogens with one attached hydrogen (secondary N) is 1. The predicted molar refractivity (Wildman–Crippen MR) is 84.7 cm³/mol. The maximum Gasteiger partial charge on any atom is 0.265 e. The number of hydrogen-bond donors (Lipinski definition) is 1. The van der Waals surface area contributed by atoms with Crippen LogP contribution in [0.1, 0.15) is 6.92 Å². The number of benzene rings is 2. The van der Waals surface area contributed by atoms with Crippen LogP contribution in [-0.2, 0) is 4.79 Å². The van der Waals surface area contributed by atoms with Gasteiger partial charge in [0.25, 0.3) is 5.91 Å². The van der Waals surface area contributed by atoms with Crippen LogP contribution in [0, 0.1) is 0 Å². The molecule has 0 aromatic heterocycles. The first-order chi connectivity index (χ1) is 10.6. The van der Waals surface area contributed by atoms with E-state index in [0.29, 0.717) is 22.9 Å². The second kappa shape index (κ2) is 7.36. The Bertz CT molecular complexity index is 642. The number of carbonyl (C=O) groups excluding carboxylic acids is 1. The van der Waals surface area contributed by atoms with E-state index in [1.807, 2.05) is 18.2 Å². The largest absolute Gasteiger partial charge is 0.497 e. The average Bonchev–Trinajstić information content (AvgIpc) is 2.55. The van der Waals surface area contributed by atoms with Gasteiger partial charge in [0, 0.05) is 17.8 Å². The monoisotopic (exact) mass is 301 g/mol. The minimum Gasteiger partial charge on any atom is -0.497 e. The SMILES string of the molecule is COc1cccc(NC(=O)[C@H](C)Oc2cccc(OC)c2)c1. The summed E-state index contributed by atoms with van der Waals surface area (Å²) < 4.78 is 15.9. The van der Waals surface area contributed by atoms with Gasteiger partial charge in [-0.25, -0.2) is 0 Å². The molecule has 0 radical (unpaired) electrons. The molecule has 0 aliphatic carbocycles. The summed E-state index contributed by atoms with van der Waals surface area (Å²) in [6.45, 7) is 1.69. The third-order valence-electron chi connectivity index (χ3n) is 3.06. The van der Waals surface area contributed by atoms with E-state index in [-0.39, 0.29) is 5.91 Å². The third-order valence-corrected chi connectivity index (χ3v) is 3.06. The van der Waals surface area contributed by atoms with E-state index in [1.54, 1.807) is 51.5 Å². The summed E-state index contributed by atoms with van der Waals surface area (Å²) in [6, 6.07) is 14.3. The van der Waals surface area contributed by atoms with E-state index in [1.165, 1.54) is 0 Å². The van der Waals surface area contributed by atoms with Crippen molar-refractivity contribution in [3.8, 4) is 17.2 Å². The van der Waals surface area contributed by atoms with E-state index < -0.39 is 6.10 Å². The fourth-order valence-corrected chi connectivity index (χ4v) is 1.88. The summed E-state index contributed by atoms with van der Waals surface area (Å²) in [6.07, 6.45) is -0.640. The van der Waals surface area contributed by atoms with Gasteiger partial charge in [0.05, 0.1) is 14.2 Å². The highest BCUT2D eigenvalue weighted by Crippen LogP contribution is 2.21. The van der Waals surface area contributed by atoms with Gasteiger partial charge in [0.2, 0.25) is 0 Å². The zero-order valence-electron chi connectivity index (χ0n) is 12.8. The molecule has 0 saturated heterocycles. The number of anilines is 1. The zero-order chi connectivity index (χ0) is 15.9. The number of ether oxygens (including phenoxy) is 3. The molecule has 5 heteroatoms. The highest BCUT2D eigenvalue weighted by Gasteiger charge is 2.15. The van der Waals surface area contributed by atoms with Crippen LogP contribution in [-0.4, -0.2) is 26.2 Å². The topological polar surface area (TPSA) is 56.8 Å². The molecule has 2 rings (SSSR count). The molecule has 0 aliphatic heterocycles. The number of hydrogen-bond acceptors (Lipinski definition) is 4.